The number of aryl methyl sites for hydroxylation is 1. The summed E-state index contributed by atoms with van der Waals surface area (Å²) in [7, 11) is 2.88. The van der Waals surface area contributed by atoms with Crippen molar-refractivity contribution in [3.05, 3.63) is 40.5 Å². The van der Waals surface area contributed by atoms with Crippen LogP contribution in [0.5, 0.6) is 17.5 Å². The number of benzene rings is 1. The van der Waals surface area contributed by atoms with Crippen molar-refractivity contribution in [3.8, 4) is 28.8 Å². The van der Waals surface area contributed by atoms with Crippen LogP contribution in [0.15, 0.2) is 24.5 Å². The van der Waals surface area contributed by atoms with Gasteiger partial charge in [-0.3, -0.25) is 10.1 Å². The molecule has 3 heterocycles. The lowest BCUT2D eigenvalue weighted by molar-refractivity contribution is 0.0582. The number of carbonyl (C=O) groups is 1. The number of carbonyl (C=O) groups excluding carboxylic acids is 1. The van der Waals surface area contributed by atoms with Crippen LogP contribution in [-0.4, -0.2) is 35.1 Å². The second-order valence-electron chi connectivity index (χ2n) is 7.22. The van der Waals surface area contributed by atoms with Crippen LogP contribution in [0.3, 0.4) is 0 Å². The Bertz CT molecular complexity index is 1120. The third-order valence-corrected chi connectivity index (χ3v) is 6.65. The maximum atomic E-state index is 13.1. The van der Waals surface area contributed by atoms with E-state index in [2.05, 4.69) is 29.1 Å². The van der Waals surface area contributed by atoms with Gasteiger partial charge in [-0.25, -0.2) is 15.0 Å². The number of rotatable bonds is 6. The largest absolute Gasteiger partial charge is 0.481 e. The summed E-state index contributed by atoms with van der Waals surface area (Å²) in [6, 6.07) is 6.08. The van der Waals surface area contributed by atoms with E-state index in [4.69, 9.17) is 19.2 Å². The fourth-order valence-electron chi connectivity index (χ4n) is 3.76. The molecule has 1 aromatic carbocycles. The highest BCUT2D eigenvalue weighted by Crippen LogP contribution is 2.51. The van der Waals surface area contributed by atoms with Gasteiger partial charge in [-0.1, -0.05) is 31.3 Å². The third-order valence-electron chi connectivity index (χ3n) is 5.49. The van der Waals surface area contributed by atoms with Crippen molar-refractivity contribution in [1.82, 2.24) is 15.0 Å². The van der Waals surface area contributed by atoms with Crippen molar-refractivity contribution in [2.24, 2.45) is 0 Å². The highest BCUT2D eigenvalue weighted by atomic mass is 32.1. The van der Waals surface area contributed by atoms with Gasteiger partial charge < -0.3 is 14.2 Å². The Morgan fingerprint density at radius 3 is 2.45 bits per heavy atom. The Balaban J connectivity index is 1.77. The number of amides is 1. The summed E-state index contributed by atoms with van der Waals surface area (Å²) in [5.74, 6) is 0.626. The zero-order valence-electron chi connectivity index (χ0n) is 18.1. The van der Waals surface area contributed by atoms with Gasteiger partial charge in [0.1, 0.15) is 17.7 Å². The second kappa shape index (κ2) is 8.14. The number of nitrogens with zero attached hydrogens (tertiary/aromatic N) is 3. The number of nitrogens with one attached hydrogen (secondary N) is 1. The maximum absolute atomic E-state index is 13.1. The van der Waals surface area contributed by atoms with E-state index >= 15 is 0 Å². The van der Waals surface area contributed by atoms with Crippen molar-refractivity contribution >= 4 is 22.4 Å². The molecular formula is C22H24N4O4S. The SMILES string of the molecule is CCC1(CC)Oc2cc(C)ccc2-c2nc(NC(=O)c3c(OC)ncnc3OC)sc21. The predicted molar refractivity (Wildman–Crippen MR) is 118 cm³/mol. The molecule has 3 aromatic rings. The van der Waals surface area contributed by atoms with Gasteiger partial charge in [0.25, 0.3) is 5.91 Å². The van der Waals surface area contributed by atoms with Crippen molar-refractivity contribution < 1.29 is 19.0 Å². The predicted octanol–water partition coefficient (Wildman–Crippen LogP) is 4.59. The Labute approximate surface area is 184 Å². The molecule has 0 saturated heterocycles. The Morgan fingerprint density at radius 1 is 1.16 bits per heavy atom. The van der Waals surface area contributed by atoms with Crippen molar-refractivity contribution in [2.75, 3.05) is 19.5 Å². The normalized spacial score (nSPS) is 13.6. The first-order valence-corrected chi connectivity index (χ1v) is 10.8. The van der Waals surface area contributed by atoms with Crippen LogP contribution in [-0.2, 0) is 5.60 Å². The van der Waals surface area contributed by atoms with Gasteiger partial charge in [0.05, 0.1) is 24.8 Å². The van der Waals surface area contributed by atoms with Crippen LogP contribution in [0.2, 0.25) is 0 Å². The molecule has 162 valence electrons. The number of ether oxygens (including phenoxy) is 3. The summed E-state index contributed by atoms with van der Waals surface area (Å²) in [6.07, 6.45) is 2.85. The van der Waals surface area contributed by atoms with E-state index in [-0.39, 0.29) is 17.3 Å². The van der Waals surface area contributed by atoms with E-state index in [9.17, 15) is 4.79 Å². The monoisotopic (exact) mass is 440 g/mol. The van der Waals surface area contributed by atoms with Crippen LogP contribution < -0.4 is 19.5 Å². The quantitative estimate of drug-likeness (QED) is 0.599. The van der Waals surface area contributed by atoms with Crippen LogP contribution in [0.25, 0.3) is 11.3 Å². The third kappa shape index (κ3) is 3.48. The van der Waals surface area contributed by atoms with Gasteiger partial charge in [0, 0.05) is 5.56 Å². The van der Waals surface area contributed by atoms with E-state index in [0.717, 1.165) is 40.3 Å². The lowest BCUT2D eigenvalue weighted by Crippen LogP contribution is -2.33. The molecule has 0 atom stereocenters. The first kappa shape index (κ1) is 21.0. The minimum Gasteiger partial charge on any atom is -0.481 e. The van der Waals surface area contributed by atoms with Crippen molar-refractivity contribution in [3.63, 3.8) is 0 Å². The summed E-state index contributed by atoms with van der Waals surface area (Å²) in [4.78, 5) is 26.9. The number of hydrogen-bond donors (Lipinski definition) is 1. The summed E-state index contributed by atoms with van der Waals surface area (Å²) in [5, 5.41) is 3.33. The molecule has 1 amide bonds. The summed E-state index contributed by atoms with van der Waals surface area (Å²) in [5.41, 5.74) is 2.52. The molecule has 0 radical (unpaired) electrons. The second-order valence-corrected chi connectivity index (χ2v) is 8.22. The lowest BCUT2D eigenvalue weighted by atomic mass is 9.89. The molecule has 9 heteroatoms. The van der Waals surface area contributed by atoms with Gasteiger partial charge in [0.2, 0.25) is 11.8 Å². The fourth-order valence-corrected chi connectivity index (χ4v) is 5.01. The highest BCUT2D eigenvalue weighted by molar-refractivity contribution is 7.16. The van der Waals surface area contributed by atoms with Gasteiger partial charge >= 0.3 is 0 Å². The zero-order valence-corrected chi connectivity index (χ0v) is 18.9. The first-order chi connectivity index (χ1) is 15.0. The summed E-state index contributed by atoms with van der Waals surface area (Å²) < 4.78 is 16.9. The number of hydrogen-bond acceptors (Lipinski definition) is 8. The molecule has 0 aliphatic carbocycles. The van der Waals surface area contributed by atoms with Gasteiger partial charge in [-0.15, -0.1) is 0 Å². The standard InChI is InChI=1S/C22H24N4O4S/c1-6-22(7-2)17-16(13-9-8-12(3)10-14(13)30-22)25-21(31-17)26-18(27)15-19(28-4)23-11-24-20(15)29-5/h8-11H,6-7H2,1-5H3,(H,25,26,27). The molecule has 2 aromatic heterocycles. The molecule has 0 saturated carbocycles. The zero-order chi connectivity index (χ0) is 22.2. The van der Waals surface area contributed by atoms with E-state index < -0.39 is 11.5 Å². The average molecular weight is 441 g/mol. The number of anilines is 1. The molecule has 8 nitrogen and oxygen atoms in total. The molecule has 1 aliphatic heterocycles. The van der Waals surface area contributed by atoms with Crippen LogP contribution in [0, 0.1) is 6.92 Å². The van der Waals surface area contributed by atoms with Crippen LogP contribution in [0.1, 0.15) is 47.5 Å². The van der Waals surface area contributed by atoms with Crippen LogP contribution in [0.4, 0.5) is 5.13 Å². The van der Waals surface area contributed by atoms with Crippen molar-refractivity contribution in [1.29, 1.82) is 0 Å². The average Bonchev–Trinajstić information content (AvgIpc) is 3.21. The highest BCUT2D eigenvalue weighted by Gasteiger charge is 2.41. The smallest absolute Gasteiger partial charge is 0.268 e. The Kier molecular flexibility index (Phi) is 5.53. The number of methoxy groups -OCH3 is 2. The maximum Gasteiger partial charge on any atom is 0.268 e. The molecule has 0 spiro atoms. The topological polar surface area (TPSA) is 95.5 Å². The first-order valence-electron chi connectivity index (χ1n) is 10.0. The molecule has 1 N–H and O–H groups in total. The molecule has 0 fully saturated rings. The summed E-state index contributed by atoms with van der Waals surface area (Å²) >= 11 is 1.42. The van der Waals surface area contributed by atoms with E-state index in [1.807, 2.05) is 25.1 Å². The van der Waals surface area contributed by atoms with Crippen LogP contribution >= 0.6 is 11.3 Å². The number of aromatic nitrogens is 3. The molecule has 4 rings (SSSR count). The minimum absolute atomic E-state index is 0.116. The molecule has 1 aliphatic rings. The van der Waals surface area contributed by atoms with Crippen molar-refractivity contribution in [2.45, 2.75) is 39.2 Å². The number of thiazole rings is 1. The molecule has 0 unspecified atom stereocenters. The Hall–Kier alpha value is -3.20. The summed E-state index contributed by atoms with van der Waals surface area (Å²) in [6.45, 7) is 6.24. The van der Waals surface area contributed by atoms with E-state index in [1.54, 1.807) is 0 Å². The fraction of sp³-hybridized carbons (Fsp3) is 0.364. The molecule has 0 bridgehead atoms. The van der Waals surface area contributed by atoms with E-state index in [1.165, 1.54) is 31.9 Å². The Morgan fingerprint density at radius 2 is 1.84 bits per heavy atom. The van der Waals surface area contributed by atoms with Gasteiger partial charge in [-0.2, -0.15) is 0 Å². The minimum atomic E-state index is -0.484. The lowest BCUT2D eigenvalue weighted by Gasteiger charge is -2.36. The number of fused-ring (bicyclic) bond motifs is 3. The molecular weight excluding hydrogens is 416 g/mol. The van der Waals surface area contributed by atoms with Gasteiger partial charge in [-0.05, 0) is 37.5 Å². The molecule has 31 heavy (non-hydrogen) atoms. The van der Waals surface area contributed by atoms with Gasteiger partial charge in [0.15, 0.2) is 10.7 Å². The van der Waals surface area contributed by atoms with E-state index in [0.29, 0.717) is 5.13 Å².